The zero-order valence-corrected chi connectivity index (χ0v) is 26.5. The van der Waals surface area contributed by atoms with Gasteiger partial charge in [-0.25, -0.2) is 0 Å². The molecule has 2 aromatic heterocycles. The molecule has 0 unspecified atom stereocenters. The van der Waals surface area contributed by atoms with E-state index in [1.165, 1.54) is 10.9 Å². The van der Waals surface area contributed by atoms with Crippen molar-refractivity contribution in [3.05, 3.63) is 108 Å². The number of phenolic OH excluding ortho intramolecular Hbond substituents is 1. The molecule has 1 N–H and O–H groups in total. The number of benzene rings is 4. The minimum atomic E-state index is -0.0758. The van der Waals surface area contributed by atoms with Crippen LogP contribution in [0, 0.1) is 6.07 Å². The Kier molecular flexibility index (Phi) is 7.50. The van der Waals surface area contributed by atoms with E-state index < -0.39 is 0 Å². The maximum Gasteiger partial charge on any atom is 0.124 e. The van der Waals surface area contributed by atoms with Crippen LogP contribution in [0.5, 0.6) is 5.75 Å². The number of rotatable bonds is 3. The van der Waals surface area contributed by atoms with E-state index in [0.29, 0.717) is 0 Å². The van der Waals surface area contributed by atoms with Crippen molar-refractivity contribution < 1.29 is 27.5 Å². The van der Waals surface area contributed by atoms with E-state index in [1.807, 2.05) is 30.3 Å². The van der Waals surface area contributed by atoms with Gasteiger partial charge in [-0.2, -0.15) is 5.52 Å². The van der Waals surface area contributed by atoms with E-state index in [0.717, 1.165) is 55.6 Å². The van der Waals surface area contributed by atoms with Gasteiger partial charge < -0.3 is 10.1 Å². The fourth-order valence-electron chi connectivity index (χ4n) is 5.25. The molecule has 2 heterocycles. The summed E-state index contributed by atoms with van der Waals surface area (Å²) in [6, 6.07) is 34.6. The molecule has 0 aliphatic rings. The fraction of sp³-hybridized carbons (Fsp3) is 0.216. The molecule has 0 spiro atoms. The molecule has 1 radical (unpaired) electrons. The van der Waals surface area contributed by atoms with Gasteiger partial charge in [0.2, 0.25) is 0 Å². The second-order valence-corrected chi connectivity index (χ2v) is 12.7. The van der Waals surface area contributed by atoms with Crippen LogP contribution in [-0.2, 0) is 33.2 Å². The van der Waals surface area contributed by atoms with Crippen molar-refractivity contribution in [1.82, 2.24) is 9.97 Å². The number of hydrogen-bond donors (Lipinski definition) is 1. The Bertz CT molecular complexity index is 1890. The largest absolute Gasteiger partial charge is 0.663 e. The van der Waals surface area contributed by atoms with E-state index in [1.54, 1.807) is 6.07 Å². The SMILES string of the molecule is CC(C)(C)c1cc(-c2cccc(-c3cc(C(C)(C)C)ccc3O)n2)[c-]c(-c2cccc3c2[n-]c2ccccc23)c1.[Au]. The number of pyridine rings is 1. The molecule has 6 rings (SSSR count). The van der Waals surface area contributed by atoms with Gasteiger partial charge in [0.15, 0.2) is 0 Å². The van der Waals surface area contributed by atoms with Gasteiger partial charge in [-0.1, -0.05) is 113 Å². The summed E-state index contributed by atoms with van der Waals surface area (Å²) >= 11 is 0. The third kappa shape index (κ3) is 5.50. The minimum absolute atomic E-state index is 0. The van der Waals surface area contributed by atoms with Crippen molar-refractivity contribution >= 4 is 21.8 Å². The zero-order chi connectivity index (χ0) is 28.2. The monoisotopic (exact) mass is 719 g/mol. The summed E-state index contributed by atoms with van der Waals surface area (Å²) in [5.41, 5.74) is 9.51. The van der Waals surface area contributed by atoms with Crippen molar-refractivity contribution in [3.63, 3.8) is 0 Å². The molecule has 0 saturated carbocycles. The van der Waals surface area contributed by atoms with Crippen molar-refractivity contribution in [1.29, 1.82) is 0 Å². The number of fused-ring (bicyclic) bond motifs is 3. The van der Waals surface area contributed by atoms with E-state index in [9.17, 15) is 5.11 Å². The number of aromatic nitrogens is 2. The summed E-state index contributed by atoms with van der Waals surface area (Å²) in [7, 11) is 0. The molecule has 41 heavy (non-hydrogen) atoms. The first-order valence-corrected chi connectivity index (χ1v) is 13.8. The molecule has 4 heteroatoms. The van der Waals surface area contributed by atoms with Gasteiger partial charge in [0.25, 0.3) is 0 Å². The molecule has 0 amide bonds. The van der Waals surface area contributed by atoms with Crippen molar-refractivity contribution in [2.24, 2.45) is 0 Å². The molecule has 0 bridgehead atoms. The summed E-state index contributed by atoms with van der Waals surface area (Å²) in [5.74, 6) is 0.229. The fourth-order valence-corrected chi connectivity index (χ4v) is 5.25. The molecule has 6 aromatic rings. The van der Waals surface area contributed by atoms with Crippen LogP contribution in [0.4, 0.5) is 0 Å². The first-order chi connectivity index (χ1) is 19.0. The van der Waals surface area contributed by atoms with Crippen LogP contribution in [0.1, 0.15) is 52.7 Å². The van der Waals surface area contributed by atoms with Crippen molar-refractivity contribution in [3.8, 4) is 39.4 Å². The molecule has 0 atom stereocenters. The van der Waals surface area contributed by atoms with Gasteiger partial charge in [-0.3, -0.25) is 4.98 Å². The Morgan fingerprint density at radius 3 is 2.05 bits per heavy atom. The van der Waals surface area contributed by atoms with E-state index in [-0.39, 0.29) is 39.0 Å². The molecule has 0 fully saturated rings. The standard InChI is InChI=1S/C37H34N2O.Au/c1-36(2,3)25-17-18-34(40)30(22-25)33-16-10-15-31(38-33)24-19-23(20-26(21-24)37(4,5)6)27-12-9-13-29-28-11-7-8-14-32(28)39-35(27)29;/h7-18,20-22H,1-6H3,(H,38,40);/q-2;. The predicted octanol–water partition coefficient (Wildman–Crippen LogP) is 9.44. The summed E-state index contributed by atoms with van der Waals surface area (Å²) in [6.07, 6.45) is 0. The Morgan fingerprint density at radius 1 is 0.634 bits per heavy atom. The van der Waals surface area contributed by atoms with Crippen LogP contribution in [0.25, 0.3) is 55.4 Å². The molecule has 0 aliphatic heterocycles. The number of para-hydroxylation sites is 2. The number of hydrogen-bond acceptors (Lipinski definition) is 2. The van der Waals surface area contributed by atoms with E-state index >= 15 is 0 Å². The molecule has 3 nitrogen and oxygen atoms in total. The van der Waals surface area contributed by atoms with Gasteiger partial charge >= 0.3 is 0 Å². The second kappa shape index (κ2) is 10.6. The summed E-state index contributed by atoms with van der Waals surface area (Å²) < 4.78 is 0. The summed E-state index contributed by atoms with van der Waals surface area (Å²) in [6.45, 7) is 13.2. The molecular formula is C37H34AuN2O-2. The van der Waals surface area contributed by atoms with Crippen LogP contribution in [0.3, 0.4) is 0 Å². The topological polar surface area (TPSA) is 47.2 Å². The van der Waals surface area contributed by atoms with E-state index in [2.05, 4.69) is 102 Å². The third-order valence-corrected chi connectivity index (χ3v) is 7.65. The van der Waals surface area contributed by atoms with Gasteiger partial charge in [0.1, 0.15) is 5.75 Å². The minimum Gasteiger partial charge on any atom is -0.663 e. The number of aromatic hydroxyl groups is 1. The normalized spacial score (nSPS) is 12.0. The average Bonchev–Trinajstić information content (AvgIpc) is 3.31. The van der Waals surface area contributed by atoms with Gasteiger partial charge in [0, 0.05) is 33.6 Å². The maximum atomic E-state index is 10.8. The second-order valence-electron chi connectivity index (χ2n) is 12.7. The van der Waals surface area contributed by atoms with Gasteiger partial charge in [-0.15, -0.1) is 34.8 Å². The van der Waals surface area contributed by atoms with Crippen LogP contribution in [0.2, 0.25) is 0 Å². The Labute approximate surface area is 258 Å². The Morgan fingerprint density at radius 2 is 1.29 bits per heavy atom. The van der Waals surface area contributed by atoms with Crippen molar-refractivity contribution in [2.75, 3.05) is 0 Å². The molecule has 4 aromatic carbocycles. The quantitative estimate of drug-likeness (QED) is 0.147. The van der Waals surface area contributed by atoms with Crippen LogP contribution >= 0.6 is 0 Å². The van der Waals surface area contributed by atoms with Crippen LogP contribution < -0.4 is 4.98 Å². The van der Waals surface area contributed by atoms with Gasteiger partial charge in [0.05, 0.1) is 5.69 Å². The first-order valence-electron chi connectivity index (χ1n) is 13.8. The maximum absolute atomic E-state index is 10.8. The van der Waals surface area contributed by atoms with Gasteiger partial charge in [-0.05, 0) is 45.4 Å². The number of phenols is 1. The van der Waals surface area contributed by atoms with Crippen LogP contribution in [-0.4, -0.2) is 10.1 Å². The first kappa shape index (κ1) is 28.9. The smallest absolute Gasteiger partial charge is 0.124 e. The van der Waals surface area contributed by atoms with Crippen molar-refractivity contribution in [2.45, 2.75) is 52.4 Å². The molecule has 0 saturated heterocycles. The Hall–Kier alpha value is -3.63. The van der Waals surface area contributed by atoms with E-state index in [4.69, 9.17) is 9.97 Å². The molecule has 0 aliphatic carbocycles. The summed E-state index contributed by atoms with van der Waals surface area (Å²) in [4.78, 5) is 10.1. The molecule has 211 valence electrons. The Balaban J connectivity index is 0.00000337. The number of nitrogens with zero attached hydrogens (tertiary/aromatic N) is 2. The van der Waals surface area contributed by atoms with Crippen LogP contribution in [0.15, 0.2) is 91.0 Å². The third-order valence-electron chi connectivity index (χ3n) is 7.65. The summed E-state index contributed by atoms with van der Waals surface area (Å²) in [5, 5.41) is 13.1. The predicted molar refractivity (Wildman–Crippen MR) is 167 cm³/mol. The average molecular weight is 720 g/mol. The zero-order valence-electron chi connectivity index (χ0n) is 24.3. The molecular weight excluding hydrogens is 685 g/mol.